The minimum atomic E-state index is 0.789. The molecule has 0 aliphatic carbocycles. The molecule has 1 aromatic heterocycles. The van der Waals surface area contributed by atoms with E-state index in [1.807, 2.05) is 12.1 Å². The molecule has 0 N–H and O–H groups in total. The van der Waals surface area contributed by atoms with Crippen LogP contribution in [0.25, 0.3) is 0 Å². The zero-order chi connectivity index (χ0) is 15.2. The van der Waals surface area contributed by atoms with Gasteiger partial charge in [-0.3, -0.25) is 4.90 Å². The maximum Gasteiger partial charge on any atom is 0.141 e. The monoisotopic (exact) mass is 301 g/mol. The molecule has 116 valence electrons. The molecule has 3 rings (SSSR count). The van der Waals surface area contributed by atoms with E-state index in [-0.39, 0.29) is 0 Å². The molecule has 22 heavy (non-hydrogen) atoms. The fraction of sp³-hybridized carbons (Fsp3) is 0.400. The lowest BCUT2D eigenvalue weighted by molar-refractivity contribution is 0.0339. The quantitative estimate of drug-likeness (QED) is 0.771. The molecule has 0 unspecified atom stereocenters. The first-order valence-corrected chi connectivity index (χ1v) is 7.21. The molecule has 7 heteroatoms. The van der Waals surface area contributed by atoms with Crippen LogP contribution in [0.2, 0.25) is 0 Å². The molecule has 0 bridgehead atoms. The van der Waals surface area contributed by atoms with E-state index in [0.717, 1.165) is 49.7 Å². The summed E-state index contributed by atoms with van der Waals surface area (Å²) in [5.41, 5.74) is 2.16. The van der Waals surface area contributed by atoms with E-state index in [1.165, 1.54) is 0 Å². The average Bonchev–Trinajstić information content (AvgIpc) is 3.08. The van der Waals surface area contributed by atoms with Gasteiger partial charge in [0.1, 0.15) is 18.4 Å². The Labute approximate surface area is 129 Å². The normalized spacial score (nSPS) is 16.2. The third-order valence-corrected chi connectivity index (χ3v) is 3.55. The van der Waals surface area contributed by atoms with Crippen LogP contribution in [-0.2, 0) is 11.3 Å². The second-order valence-corrected chi connectivity index (χ2v) is 5.05. The van der Waals surface area contributed by atoms with Crippen LogP contribution in [-0.4, -0.2) is 59.4 Å². The highest BCUT2D eigenvalue weighted by Crippen LogP contribution is 2.21. The summed E-state index contributed by atoms with van der Waals surface area (Å²) < 4.78 is 12.4. The molecular formula is C15H19N5O2. The van der Waals surface area contributed by atoms with Crippen molar-refractivity contribution < 1.29 is 9.47 Å². The van der Waals surface area contributed by atoms with Crippen LogP contribution in [0.1, 0.15) is 11.1 Å². The summed E-state index contributed by atoms with van der Waals surface area (Å²) in [4.78, 5) is 2.36. The van der Waals surface area contributed by atoms with Crippen LogP contribution in [0.4, 0.5) is 0 Å². The van der Waals surface area contributed by atoms with Gasteiger partial charge >= 0.3 is 0 Å². The van der Waals surface area contributed by atoms with Crippen LogP contribution in [0.3, 0.4) is 0 Å². The predicted octanol–water partition coefficient (Wildman–Crippen LogP) is 1.00. The molecule has 1 aliphatic rings. The minimum absolute atomic E-state index is 0.789. The van der Waals surface area contributed by atoms with Gasteiger partial charge in [-0.05, 0) is 23.8 Å². The summed E-state index contributed by atoms with van der Waals surface area (Å²) in [6.45, 7) is 4.32. The number of methoxy groups -OCH3 is 1. The minimum Gasteiger partial charge on any atom is -0.496 e. The molecule has 1 aliphatic heterocycles. The van der Waals surface area contributed by atoms with Crippen molar-refractivity contribution in [3.8, 4) is 5.75 Å². The molecule has 0 radical (unpaired) electrons. The highest BCUT2D eigenvalue weighted by atomic mass is 16.5. The Hall–Kier alpha value is -2.25. The summed E-state index contributed by atoms with van der Waals surface area (Å²) in [5.74, 6) is 0.896. The topological polar surface area (TPSA) is 64.8 Å². The number of ether oxygens (including phenoxy) is 2. The van der Waals surface area contributed by atoms with E-state index in [1.54, 1.807) is 30.7 Å². The van der Waals surface area contributed by atoms with Crippen LogP contribution in [0.5, 0.6) is 5.75 Å². The zero-order valence-corrected chi connectivity index (χ0v) is 12.6. The Morgan fingerprint density at radius 2 is 2.05 bits per heavy atom. The highest BCUT2D eigenvalue weighted by molar-refractivity contribution is 5.80. The second kappa shape index (κ2) is 7.15. The van der Waals surface area contributed by atoms with Crippen LogP contribution < -0.4 is 4.74 Å². The molecule has 1 aromatic carbocycles. The Morgan fingerprint density at radius 1 is 1.27 bits per heavy atom. The Kier molecular flexibility index (Phi) is 4.77. The van der Waals surface area contributed by atoms with Gasteiger partial charge in [0.05, 0.1) is 26.5 Å². The van der Waals surface area contributed by atoms with Crippen molar-refractivity contribution in [2.24, 2.45) is 5.10 Å². The summed E-state index contributed by atoms with van der Waals surface area (Å²) in [7, 11) is 1.70. The SMILES string of the molecule is COc1ccc(C=Nn2cnnc2)cc1CN1CCOCC1. The average molecular weight is 301 g/mol. The highest BCUT2D eigenvalue weighted by Gasteiger charge is 2.13. The maximum atomic E-state index is 5.46. The number of nitrogens with zero attached hydrogens (tertiary/aromatic N) is 5. The number of hydrogen-bond donors (Lipinski definition) is 0. The van der Waals surface area contributed by atoms with Crippen molar-refractivity contribution in [1.29, 1.82) is 0 Å². The van der Waals surface area contributed by atoms with Gasteiger partial charge in [0.25, 0.3) is 0 Å². The van der Waals surface area contributed by atoms with Gasteiger partial charge in [-0.15, -0.1) is 10.2 Å². The standard InChI is InChI=1S/C15H19N5O2/c1-21-15-3-2-13(9-18-20-11-16-17-12-20)8-14(15)10-19-4-6-22-7-5-19/h2-3,8-9,11-12H,4-7,10H2,1H3. The molecule has 0 saturated carbocycles. The summed E-state index contributed by atoms with van der Waals surface area (Å²) in [6.07, 6.45) is 4.88. The largest absolute Gasteiger partial charge is 0.496 e. The van der Waals surface area contributed by atoms with Crippen molar-refractivity contribution in [2.45, 2.75) is 6.54 Å². The molecular weight excluding hydrogens is 282 g/mol. The van der Waals surface area contributed by atoms with Crippen LogP contribution in [0.15, 0.2) is 36.0 Å². The molecule has 0 spiro atoms. The molecule has 2 aromatic rings. The zero-order valence-electron chi connectivity index (χ0n) is 12.6. The Balaban J connectivity index is 1.76. The molecule has 1 fully saturated rings. The smallest absolute Gasteiger partial charge is 0.141 e. The van der Waals surface area contributed by atoms with Gasteiger partial charge in [-0.1, -0.05) is 0 Å². The van der Waals surface area contributed by atoms with Crippen molar-refractivity contribution in [3.63, 3.8) is 0 Å². The summed E-state index contributed by atoms with van der Waals surface area (Å²) in [6, 6.07) is 6.06. The molecule has 7 nitrogen and oxygen atoms in total. The van der Waals surface area contributed by atoms with Crippen molar-refractivity contribution in [2.75, 3.05) is 33.4 Å². The van der Waals surface area contributed by atoms with E-state index in [4.69, 9.17) is 9.47 Å². The Morgan fingerprint density at radius 3 is 2.77 bits per heavy atom. The number of morpholine rings is 1. The third-order valence-electron chi connectivity index (χ3n) is 3.55. The van der Waals surface area contributed by atoms with E-state index in [0.29, 0.717) is 0 Å². The van der Waals surface area contributed by atoms with Gasteiger partial charge in [-0.25, -0.2) is 4.68 Å². The van der Waals surface area contributed by atoms with Gasteiger partial charge in [0, 0.05) is 25.2 Å². The van der Waals surface area contributed by atoms with Crippen molar-refractivity contribution >= 4 is 6.21 Å². The van der Waals surface area contributed by atoms with Crippen LogP contribution in [0, 0.1) is 0 Å². The number of aromatic nitrogens is 3. The fourth-order valence-electron chi connectivity index (χ4n) is 2.39. The first-order valence-electron chi connectivity index (χ1n) is 7.21. The lowest BCUT2D eigenvalue weighted by Crippen LogP contribution is -2.35. The van der Waals surface area contributed by atoms with Gasteiger partial charge in [0.2, 0.25) is 0 Å². The maximum absolute atomic E-state index is 5.46. The first kappa shape index (κ1) is 14.7. The lowest BCUT2D eigenvalue weighted by atomic mass is 10.1. The van der Waals surface area contributed by atoms with E-state index in [2.05, 4.69) is 26.3 Å². The van der Waals surface area contributed by atoms with Gasteiger partial charge in [-0.2, -0.15) is 5.10 Å². The fourth-order valence-corrected chi connectivity index (χ4v) is 2.39. The molecule has 2 heterocycles. The number of rotatable bonds is 5. The van der Waals surface area contributed by atoms with Gasteiger partial charge in [0.15, 0.2) is 0 Å². The molecule has 0 amide bonds. The third kappa shape index (κ3) is 3.69. The summed E-state index contributed by atoms with van der Waals surface area (Å²) in [5, 5.41) is 11.7. The first-order chi connectivity index (χ1) is 10.8. The van der Waals surface area contributed by atoms with E-state index < -0.39 is 0 Å². The van der Waals surface area contributed by atoms with E-state index >= 15 is 0 Å². The van der Waals surface area contributed by atoms with E-state index in [9.17, 15) is 0 Å². The molecule has 0 atom stereocenters. The summed E-state index contributed by atoms with van der Waals surface area (Å²) >= 11 is 0. The van der Waals surface area contributed by atoms with Crippen LogP contribution >= 0.6 is 0 Å². The number of hydrogen-bond acceptors (Lipinski definition) is 6. The predicted molar refractivity (Wildman–Crippen MR) is 82.1 cm³/mol. The Bertz CT molecular complexity index is 621. The second-order valence-electron chi connectivity index (χ2n) is 5.05. The van der Waals surface area contributed by atoms with Crippen molar-refractivity contribution in [1.82, 2.24) is 19.8 Å². The lowest BCUT2D eigenvalue weighted by Gasteiger charge is -2.27. The molecule has 1 saturated heterocycles. The van der Waals surface area contributed by atoms with Crippen molar-refractivity contribution in [3.05, 3.63) is 42.0 Å². The number of benzene rings is 1. The van der Waals surface area contributed by atoms with Gasteiger partial charge < -0.3 is 9.47 Å².